The van der Waals surface area contributed by atoms with E-state index in [0.717, 1.165) is 6.54 Å². The molecular formula is C21H24N2. The Balaban J connectivity index is 1.77. The second-order valence-corrected chi connectivity index (χ2v) is 8.13. The Morgan fingerprint density at radius 3 is 2.52 bits per heavy atom. The molecule has 3 atom stereocenters. The van der Waals surface area contributed by atoms with Gasteiger partial charge in [0.15, 0.2) is 0 Å². The summed E-state index contributed by atoms with van der Waals surface area (Å²) in [5, 5.41) is 0. The lowest BCUT2D eigenvalue weighted by molar-refractivity contribution is 0.373. The van der Waals surface area contributed by atoms with E-state index in [1.54, 1.807) is 11.1 Å². The Morgan fingerprint density at radius 2 is 1.74 bits per heavy atom. The summed E-state index contributed by atoms with van der Waals surface area (Å²) in [7, 11) is 2.27. The number of rotatable bonds is 0. The summed E-state index contributed by atoms with van der Waals surface area (Å²) in [4.78, 5) is 5.17. The molecule has 0 amide bonds. The van der Waals surface area contributed by atoms with Crippen molar-refractivity contribution >= 4 is 11.4 Å². The van der Waals surface area contributed by atoms with Crippen LogP contribution in [0.25, 0.3) is 0 Å². The van der Waals surface area contributed by atoms with Gasteiger partial charge in [0.25, 0.3) is 0 Å². The fraction of sp³-hybridized carbons (Fsp3) is 0.429. The minimum atomic E-state index is 0.296. The van der Waals surface area contributed by atoms with Crippen LogP contribution >= 0.6 is 0 Å². The van der Waals surface area contributed by atoms with Gasteiger partial charge in [-0.05, 0) is 42.2 Å². The molecule has 0 radical (unpaired) electrons. The van der Waals surface area contributed by atoms with E-state index >= 15 is 0 Å². The normalized spacial score (nSPS) is 33.5. The quantitative estimate of drug-likeness (QED) is 0.709. The second-order valence-electron chi connectivity index (χ2n) is 8.13. The van der Waals surface area contributed by atoms with Crippen LogP contribution in [0, 0.1) is 12.3 Å². The van der Waals surface area contributed by atoms with E-state index in [4.69, 9.17) is 0 Å². The maximum absolute atomic E-state index is 2.65. The summed E-state index contributed by atoms with van der Waals surface area (Å²) in [5.41, 5.74) is 7.94. The van der Waals surface area contributed by atoms with Crippen molar-refractivity contribution in [2.45, 2.75) is 45.3 Å². The van der Waals surface area contributed by atoms with Crippen LogP contribution in [0.1, 0.15) is 37.0 Å². The molecule has 0 N–H and O–H groups in total. The molecule has 3 unspecified atom stereocenters. The SMILES string of the molecule is Cc1cccc2c1CN1c3ccccc3N(C)C1C1(C)CC21C. The van der Waals surface area contributed by atoms with Crippen molar-refractivity contribution in [3.05, 3.63) is 59.2 Å². The average Bonchev–Trinajstić information content (AvgIpc) is 3.00. The predicted octanol–water partition coefficient (Wildman–Crippen LogP) is 4.46. The van der Waals surface area contributed by atoms with E-state index in [0.29, 0.717) is 17.0 Å². The van der Waals surface area contributed by atoms with Crippen molar-refractivity contribution in [3.63, 3.8) is 0 Å². The molecule has 2 heteroatoms. The maximum Gasteiger partial charge on any atom is 0.108 e. The second kappa shape index (κ2) is 3.92. The van der Waals surface area contributed by atoms with Crippen LogP contribution in [0.3, 0.4) is 0 Å². The number of fused-ring (bicyclic) bond motifs is 7. The Kier molecular flexibility index (Phi) is 2.30. The van der Waals surface area contributed by atoms with Crippen molar-refractivity contribution in [1.29, 1.82) is 0 Å². The van der Waals surface area contributed by atoms with Gasteiger partial charge in [-0.15, -0.1) is 0 Å². The average molecular weight is 304 g/mol. The van der Waals surface area contributed by atoms with Crippen molar-refractivity contribution in [2.24, 2.45) is 5.41 Å². The molecule has 1 fully saturated rings. The standard InChI is InChI=1S/C21H24N2/c1-14-8-7-9-16-15(14)12-23-18-11-6-5-10-17(18)22(4)19(23)21(3)13-20(16,21)2/h5-11,19H,12-13H2,1-4H3. The molecule has 2 aliphatic heterocycles. The predicted molar refractivity (Wildman–Crippen MR) is 96.1 cm³/mol. The van der Waals surface area contributed by atoms with Crippen LogP contribution in [-0.2, 0) is 12.0 Å². The molecular weight excluding hydrogens is 280 g/mol. The number of anilines is 2. The van der Waals surface area contributed by atoms with Crippen LogP contribution in [0.2, 0.25) is 0 Å². The third-order valence-electron chi connectivity index (χ3n) is 6.99. The zero-order valence-electron chi connectivity index (χ0n) is 14.4. The number of nitrogens with zero attached hydrogens (tertiary/aromatic N) is 2. The van der Waals surface area contributed by atoms with E-state index in [1.807, 2.05) is 0 Å². The lowest BCUT2D eigenvalue weighted by atomic mass is 9.84. The van der Waals surface area contributed by atoms with Crippen molar-refractivity contribution in [1.82, 2.24) is 0 Å². The highest BCUT2D eigenvalue weighted by Gasteiger charge is 2.70. The van der Waals surface area contributed by atoms with Gasteiger partial charge in [0.1, 0.15) is 6.17 Å². The Labute approximate surface area is 138 Å². The Morgan fingerprint density at radius 1 is 1.00 bits per heavy atom. The van der Waals surface area contributed by atoms with Crippen LogP contribution in [0.4, 0.5) is 11.4 Å². The lowest BCUT2D eigenvalue weighted by Crippen LogP contribution is -2.47. The molecule has 0 spiro atoms. The van der Waals surface area contributed by atoms with E-state index in [-0.39, 0.29) is 0 Å². The smallest absolute Gasteiger partial charge is 0.108 e. The molecule has 5 rings (SSSR count). The highest BCUT2D eigenvalue weighted by Crippen LogP contribution is 2.71. The highest BCUT2D eigenvalue weighted by molar-refractivity contribution is 5.79. The van der Waals surface area contributed by atoms with Crippen LogP contribution < -0.4 is 9.80 Å². The molecule has 3 aliphatic rings. The van der Waals surface area contributed by atoms with Gasteiger partial charge < -0.3 is 9.80 Å². The molecule has 2 nitrogen and oxygen atoms in total. The van der Waals surface area contributed by atoms with Gasteiger partial charge in [0.05, 0.1) is 11.4 Å². The van der Waals surface area contributed by atoms with Crippen molar-refractivity contribution in [3.8, 4) is 0 Å². The molecule has 1 aliphatic carbocycles. The minimum Gasteiger partial charge on any atom is -0.352 e. The molecule has 23 heavy (non-hydrogen) atoms. The van der Waals surface area contributed by atoms with E-state index in [9.17, 15) is 0 Å². The summed E-state index contributed by atoms with van der Waals surface area (Å²) < 4.78 is 0. The zero-order chi connectivity index (χ0) is 16.0. The van der Waals surface area contributed by atoms with Gasteiger partial charge in [-0.2, -0.15) is 0 Å². The fourth-order valence-corrected chi connectivity index (χ4v) is 5.49. The topological polar surface area (TPSA) is 6.48 Å². The molecule has 2 heterocycles. The van der Waals surface area contributed by atoms with E-state index < -0.39 is 0 Å². The van der Waals surface area contributed by atoms with Gasteiger partial charge >= 0.3 is 0 Å². The first-order valence-electron chi connectivity index (χ1n) is 8.65. The third kappa shape index (κ3) is 1.41. The summed E-state index contributed by atoms with van der Waals surface area (Å²) in [6.45, 7) is 8.27. The van der Waals surface area contributed by atoms with E-state index in [2.05, 4.69) is 80.1 Å². The largest absolute Gasteiger partial charge is 0.352 e. The summed E-state index contributed by atoms with van der Waals surface area (Å²) >= 11 is 0. The molecule has 2 aromatic rings. The third-order valence-corrected chi connectivity index (χ3v) is 6.99. The summed E-state index contributed by atoms with van der Waals surface area (Å²) in [6, 6.07) is 15.8. The molecule has 2 aromatic carbocycles. The summed E-state index contributed by atoms with van der Waals surface area (Å²) in [5.74, 6) is 0. The molecule has 118 valence electrons. The molecule has 0 saturated heterocycles. The van der Waals surface area contributed by atoms with Crippen molar-refractivity contribution in [2.75, 3.05) is 16.8 Å². The number of hydrogen-bond acceptors (Lipinski definition) is 2. The molecule has 1 saturated carbocycles. The molecule has 0 aromatic heterocycles. The highest BCUT2D eigenvalue weighted by atomic mass is 15.4. The maximum atomic E-state index is 2.65. The summed E-state index contributed by atoms with van der Waals surface area (Å²) in [6.07, 6.45) is 1.73. The lowest BCUT2D eigenvalue weighted by Gasteiger charge is -2.36. The van der Waals surface area contributed by atoms with E-state index in [1.165, 1.54) is 23.4 Å². The fourth-order valence-electron chi connectivity index (χ4n) is 5.49. The van der Waals surface area contributed by atoms with Gasteiger partial charge in [0, 0.05) is 24.4 Å². The zero-order valence-corrected chi connectivity index (χ0v) is 14.4. The Bertz CT molecular complexity index is 826. The molecule has 0 bridgehead atoms. The first-order valence-corrected chi connectivity index (χ1v) is 8.65. The Hall–Kier alpha value is -1.96. The number of benzene rings is 2. The van der Waals surface area contributed by atoms with Crippen LogP contribution in [-0.4, -0.2) is 13.2 Å². The van der Waals surface area contributed by atoms with Crippen LogP contribution in [0.5, 0.6) is 0 Å². The van der Waals surface area contributed by atoms with Crippen molar-refractivity contribution < 1.29 is 0 Å². The van der Waals surface area contributed by atoms with Gasteiger partial charge in [0.2, 0.25) is 0 Å². The first kappa shape index (κ1) is 13.5. The van der Waals surface area contributed by atoms with Gasteiger partial charge in [-0.1, -0.05) is 44.2 Å². The van der Waals surface area contributed by atoms with Gasteiger partial charge in [-0.3, -0.25) is 0 Å². The first-order chi connectivity index (χ1) is 11.0. The number of para-hydroxylation sites is 2. The number of aryl methyl sites for hydroxylation is 1. The monoisotopic (exact) mass is 304 g/mol. The minimum absolute atomic E-state index is 0.296. The van der Waals surface area contributed by atoms with Gasteiger partial charge in [-0.25, -0.2) is 0 Å². The van der Waals surface area contributed by atoms with Crippen LogP contribution in [0.15, 0.2) is 42.5 Å². The number of hydrogen-bond donors (Lipinski definition) is 0.